The number of nitrogens with one attached hydrogen (secondary N) is 2. The van der Waals surface area contributed by atoms with Gasteiger partial charge in [0.25, 0.3) is 5.91 Å². The molecule has 0 aliphatic carbocycles. The largest absolute Gasteiger partial charge is 0.322 e. The fourth-order valence-corrected chi connectivity index (χ4v) is 4.44. The fourth-order valence-electron chi connectivity index (χ4n) is 2.91. The Kier molecular flexibility index (Phi) is 6.41. The molecule has 0 bridgehead atoms. The molecule has 1 saturated heterocycles. The van der Waals surface area contributed by atoms with Crippen LogP contribution in [0.3, 0.4) is 0 Å². The highest BCUT2D eigenvalue weighted by Gasteiger charge is 2.12. The van der Waals surface area contributed by atoms with Gasteiger partial charge in [-0.25, -0.2) is 8.42 Å². The Balaban J connectivity index is 1.67. The van der Waals surface area contributed by atoms with E-state index in [0.29, 0.717) is 11.3 Å². The minimum absolute atomic E-state index is 0.279. The maximum absolute atomic E-state index is 12.5. The van der Waals surface area contributed by atoms with Gasteiger partial charge in [-0.1, -0.05) is 18.2 Å². The van der Waals surface area contributed by atoms with Gasteiger partial charge in [0.15, 0.2) is 0 Å². The Morgan fingerprint density at radius 1 is 1.07 bits per heavy atom. The van der Waals surface area contributed by atoms with Crippen LogP contribution in [-0.2, 0) is 16.6 Å². The van der Waals surface area contributed by atoms with Crippen molar-refractivity contribution in [3.05, 3.63) is 59.7 Å². The molecule has 0 unspecified atom stereocenters. The first-order valence-electron chi connectivity index (χ1n) is 8.67. The molecule has 1 heterocycles. The summed E-state index contributed by atoms with van der Waals surface area (Å²) in [6, 6.07) is 14.3. The molecule has 0 saturated carbocycles. The molecule has 1 fully saturated rings. The Hall–Kier alpha value is -2.03. The molecule has 8 heteroatoms. The molecule has 0 aromatic heterocycles. The molecule has 6 nitrogen and oxygen atoms in total. The van der Waals surface area contributed by atoms with Gasteiger partial charge >= 0.3 is 0 Å². The number of carbonyl (C=O) groups is 1. The van der Waals surface area contributed by atoms with E-state index < -0.39 is 10.0 Å². The summed E-state index contributed by atoms with van der Waals surface area (Å²) in [7, 11) is -3.39. The van der Waals surface area contributed by atoms with Crippen molar-refractivity contribution < 1.29 is 13.2 Å². The van der Waals surface area contributed by atoms with E-state index in [1.807, 2.05) is 30.0 Å². The monoisotopic (exact) mass is 405 g/mol. The van der Waals surface area contributed by atoms with Crippen molar-refractivity contribution in [2.45, 2.75) is 6.54 Å². The molecule has 1 amide bonds. The lowest BCUT2D eigenvalue weighted by atomic mass is 10.1. The number of thioether (sulfide) groups is 1. The van der Waals surface area contributed by atoms with Crippen molar-refractivity contribution >= 4 is 39.1 Å². The van der Waals surface area contributed by atoms with Gasteiger partial charge in [0.05, 0.1) is 6.26 Å². The van der Waals surface area contributed by atoms with Crippen LogP contribution in [-0.4, -0.2) is 50.1 Å². The summed E-state index contributed by atoms with van der Waals surface area (Å²) in [5.41, 5.74) is 2.64. The number of sulfonamides is 1. The molecule has 3 rings (SSSR count). The first-order valence-corrected chi connectivity index (χ1v) is 11.7. The van der Waals surface area contributed by atoms with Crippen LogP contribution in [0.4, 0.5) is 11.4 Å². The smallest absolute Gasteiger partial charge is 0.255 e. The van der Waals surface area contributed by atoms with E-state index in [4.69, 9.17) is 0 Å². The maximum atomic E-state index is 12.5. The van der Waals surface area contributed by atoms with Gasteiger partial charge < -0.3 is 5.32 Å². The topological polar surface area (TPSA) is 78.5 Å². The summed E-state index contributed by atoms with van der Waals surface area (Å²) >= 11 is 1.98. The summed E-state index contributed by atoms with van der Waals surface area (Å²) < 4.78 is 25.1. The highest BCUT2D eigenvalue weighted by molar-refractivity contribution is 7.99. The lowest BCUT2D eigenvalue weighted by molar-refractivity contribution is 0.102. The predicted molar refractivity (Wildman–Crippen MR) is 112 cm³/mol. The first kappa shape index (κ1) is 19.7. The van der Waals surface area contributed by atoms with Crippen LogP contribution in [0.25, 0.3) is 0 Å². The number of amides is 1. The molecular formula is C19H23N3O3S2. The lowest BCUT2D eigenvalue weighted by Crippen LogP contribution is -2.31. The van der Waals surface area contributed by atoms with Crippen molar-refractivity contribution in [3.8, 4) is 0 Å². The Bertz CT molecular complexity index is 910. The SMILES string of the molecule is CS(=O)(=O)Nc1cccc(C(=O)Nc2cccc(CN3CCSCC3)c2)c1. The van der Waals surface area contributed by atoms with Gasteiger partial charge in [-0.15, -0.1) is 0 Å². The maximum Gasteiger partial charge on any atom is 0.255 e. The summed E-state index contributed by atoms with van der Waals surface area (Å²) in [6.45, 7) is 3.04. The summed E-state index contributed by atoms with van der Waals surface area (Å²) in [6.07, 6.45) is 1.08. The molecule has 1 aliphatic heterocycles. The zero-order valence-corrected chi connectivity index (χ0v) is 16.8. The average Bonchev–Trinajstić information content (AvgIpc) is 2.62. The van der Waals surface area contributed by atoms with Gasteiger partial charge in [0.1, 0.15) is 0 Å². The van der Waals surface area contributed by atoms with Crippen molar-refractivity contribution in [1.29, 1.82) is 0 Å². The van der Waals surface area contributed by atoms with Crippen LogP contribution >= 0.6 is 11.8 Å². The van der Waals surface area contributed by atoms with E-state index in [0.717, 1.165) is 48.6 Å². The van der Waals surface area contributed by atoms with Crippen LogP contribution in [0, 0.1) is 0 Å². The van der Waals surface area contributed by atoms with Crippen LogP contribution < -0.4 is 10.0 Å². The molecule has 2 aromatic carbocycles. The predicted octanol–water partition coefficient (Wildman–Crippen LogP) is 2.86. The van der Waals surface area contributed by atoms with Crippen LogP contribution in [0.1, 0.15) is 15.9 Å². The van der Waals surface area contributed by atoms with Gasteiger partial charge in [0, 0.05) is 48.1 Å². The van der Waals surface area contributed by atoms with Crippen LogP contribution in [0.5, 0.6) is 0 Å². The molecule has 144 valence electrons. The number of hydrogen-bond acceptors (Lipinski definition) is 5. The zero-order valence-electron chi connectivity index (χ0n) is 15.1. The lowest BCUT2D eigenvalue weighted by Gasteiger charge is -2.26. The van der Waals surface area contributed by atoms with Crippen molar-refractivity contribution in [1.82, 2.24) is 4.90 Å². The molecule has 27 heavy (non-hydrogen) atoms. The minimum atomic E-state index is -3.39. The number of hydrogen-bond donors (Lipinski definition) is 2. The third-order valence-corrected chi connectivity index (χ3v) is 5.67. The second-order valence-electron chi connectivity index (χ2n) is 6.50. The Labute approximate surface area is 164 Å². The molecule has 0 radical (unpaired) electrons. The molecular weight excluding hydrogens is 382 g/mol. The third kappa shape index (κ3) is 6.27. The third-order valence-electron chi connectivity index (χ3n) is 4.12. The Morgan fingerprint density at radius 2 is 1.78 bits per heavy atom. The highest BCUT2D eigenvalue weighted by atomic mass is 32.2. The first-order chi connectivity index (χ1) is 12.9. The quantitative estimate of drug-likeness (QED) is 0.773. The standard InChI is InChI=1S/C19H23N3O3S2/c1-27(24,25)21-18-7-3-5-16(13-18)19(23)20-17-6-2-4-15(12-17)14-22-8-10-26-11-9-22/h2-7,12-13,21H,8-11,14H2,1H3,(H,20,23). The van der Waals surface area contributed by atoms with Crippen LogP contribution in [0.15, 0.2) is 48.5 Å². The van der Waals surface area contributed by atoms with E-state index in [-0.39, 0.29) is 5.91 Å². The molecule has 1 aliphatic rings. The van der Waals surface area contributed by atoms with Crippen molar-refractivity contribution in [3.63, 3.8) is 0 Å². The number of carbonyl (C=O) groups excluding carboxylic acids is 1. The molecule has 2 N–H and O–H groups in total. The zero-order chi connectivity index (χ0) is 19.3. The summed E-state index contributed by atoms with van der Waals surface area (Å²) in [5.74, 6) is 2.04. The van der Waals surface area contributed by atoms with E-state index >= 15 is 0 Å². The second kappa shape index (κ2) is 8.77. The van der Waals surface area contributed by atoms with Crippen LogP contribution in [0.2, 0.25) is 0 Å². The van der Waals surface area contributed by atoms with Gasteiger partial charge in [-0.2, -0.15) is 11.8 Å². The number of nitrogens with zero attached hydrogens (tertiary/aromatic N) is 1. The van der Waals surface area contributed by atoms with E-state index in [9.17, 15) is 13.2 Å². The fraction of sp³-hybridized carbons (Fsp3) is 0.316. The van der Waals surface area contributed by atoms with E-state index in [2.05, 4.69) is 21.0 Å². The van der Waals surface area contributed by atoms with E-state index in [1.165, 1.54) is 6.07 Å². The van der Waals surface area contributed by atoms with Crippen molar-refractivity contribution in [2.24, 2.45) is 0 Å². The molecule has 0 spiro atoms. The van der Waals surface area contributed by atoms with E-state index in [1.54, 1.807) is 18.2 Å². The minimum Gasteiger partial charge on any atom is -0.322 e. The number of rotatable bonds is 6. The second-order valence-corrected chi connectivity index (χ2v) is 9.47. The molecule has 2 aromatic rings. The summed E-state index contributed by atoms with van der Waals surface area (Å²) in [5, 5.41) is 2.89. The Morgan fingerprint density at radius 3 is 2.52 bits per heavy atom. The number of anilines is 2. The molecule has 0 atom stereocenters. The van der Waals surface area contributed by atoms with Gasteiger partial charge in [-0.3, -0.25) is 14.4 Å². The van der Waals surface area contributed by atoms with Crippen molar-refractivity contribution in [2.75, 3.05) is 40.9 Å². The average molecular weight is 406 g/mol. The normalized spacial score (nSPS) is 15.3. The van der Waals surface area contributed by atoms with Gasteiger partial charge in [-0.05, 0) is 35.9 Å². The van der Waals surface area contributed by atoms with Gasteiger partial charge in [0.2, 0.25) is 10.0 Å². The highest BCUT2D eigenvalue weighted by Crippen LogP contribution is 2.18. The number of benzene rings is 2. The summed E-state index contributed by atoms with van der Waals surface area (Å²) in [4.78, 5) is 14.9.